The van der Waals surface area contributed by atoms with Gasteiger partial charge in [0.25, 0.3) is 0 Å². The first kappa shape index (κ1) is 22.3. The van der Waals surface area contributed by atoms with Crippen molar-refractivity contribution in [3.05, 3.63) is 89.1 Å². The van der Waals surface area contributed by atoms with E-state index >= 15 is 8.78 Å². The number of hydrogen-bond donors (Lipinski definition) is 1. The molecule has 0 amide bonds. The number of halogens is 5. The lowest BCUT2D eigenvalue weighted by Gasteiger charge is -2.36. The van der Waals surface area contributed by atoms with E-state index in [1.165, 1.54) is 18.2 Å². The van der Waals surface area contributed by atoms with Gasteiger partial charge in [-0.2, -0.15) is 8.78 Å². The Balaban J connectivity index is 1.66. The summed E-state index contributed by atoms with van der Waals surface area (Å²) in [6, 6.07) is 7.55. The van der Waals surface area contributed by atoms with E-state index in [0.717, 1.165) is 29.3 Å². The molecular weight excluding hydrogens is 445 g/mol. The second-order valence-electron chi connectivity index (χ2n) is 7.20. The molecule has 0 fully saturated rings. The molecule has 2 aromatic carbocycles. The molecule has 1 atom stereocenters. The van der Waals surface area contributed by atoms with Gasteiger partial charge in [-0.25, -0.2) is 17.9 Å². The zero-order chi connectivity index (χ0) is 23.6. The molecule has 0 saturated carbocycles. The summed E-state index contributed by atoms with van der Waals surface area (Å²) in [6.45, 7) is -0.954. The number of alkyl halides is 2. The fourth-order valence-electron chi connectivity index (χ4n) is 3.31. The second-order valence-corrected chi connectivity index (χ2v) is 7.20. The number of allylic oxidation sites excluding steroid dienone is 1. The first-order chi connectivity index (χ1) is 15.7. The number of benzene rings is 2. The molecule has 1 unspecified atom stereocenters. The third-order valence-electron chi connectivity index (χ3n) is 5.01. The minimum absolute atomic E-state index is 0.0715. The quantitative estimate of drug-likeness (QED) is 0.469. The van der Waals surface area contributed by atoms with E-state index in [1.54, 1.807) is 6.07 Å². The molecule has 0 bridgehead atoms. The Kier molecular flexibility index (Phi) is 5.78. The third-order valence-corrected chi connectivity index (χ3v) is 5.01. The summed E-state index contributed by atoms with van der Waals surface area (Å²) in [5, 5.41) is 21.2. The lowest BCUT2D eigenvalue weighted by Crippen LogP contribution is -2.53. The van der Waals surface area contributed by atoms with Crippen molar-refractivity contribution in [2.45, 2.75) is 24.5 Å². The lowest BCUT2D eigenvalue weighted by molar-refractivity contribution is -0.155. The van der Waals surface area contributed by atoms with Crippen LogP contribution in [-0.2, 0) is 12.1 Å². The van der Waals surface area contributed by atoms with Gasteiger partial charge in [0.05, 0.1) is 17.8 Å². The fourth-order valence-corrected chi connectivity index (χ4v) is 3.31. The summed E-state index contributed by atoms with van der Waals surface area (Å²) < 4.78 is 73.8. The first-order valence-electron chi connectivity index (χ1n) is 9.50. The number of hydrogen-bond acceptors (Lipinski definition) is 5. The summed E-state index contributed by atoms with van der Waals surface area (Å²) >= 11 is 0. The highest BCUT2D eigenvalue weighted by Crippen LogP contribution is 2.43. The maximum Gasteiger partial charge on any atom is 0.320 e. The van der Waals surface area contributed by atoms with Gasteiger partial charge in [-0.05, 0) is 34.7 Å². The molecule has 4 rings (SSSR count). The molecule has 1 aromatic heterocycles. The van der Waals surface area contributed by atoms with Crippen LogP contribution in [0.3, 0.4) is 0 Å². The van der Waals surface area contributed by atoms with E-state index < -0.39 is 53.2 Å². The van der Waals surface area contributed by atoms with Crippen molar-refractivity contribution in [2.75, 3.05) is 0 Å². The van der Waals surface area contributed by atoms with Crippen LogP contribution in [0, 0.1) is 29.3 Å². The molecule has 6 nitrogen and oxygen atoms in total. The standard InChI is InChI=1S/C22H14F5N5O/c23-16-7-8-17(19(25)10-16)21(33,12-32-13-29-30-31-32)22(26,27)20-9-14(11-28-20)5-6-15-3-1-2-4-18(15)24/h1-4,7-8,10-11,13,33H,9,12H2. The zero-order valence-electron chi connectivity index (χ0n) is 16.7. The largest absolute Gasteiger partial charge is 0.377 e. The molecule has 1 aliphatic rings. The smallest absolute Gasteiger partial charge is 0.320 e. The van der Waals surface area contributed by atoms with E-state index in [1.807, 2.05) is 0 Å². The summed E-state index contributed by atoms with van der Waals surface area (Å²) in [7, 11) is 0. The van der Waals surface area contributed by atoms with Gasteiger partial charge in [0, 0.05) is 29.8 Å². The molecule has 33 heavy (non-hydrogen) atoms. The third kappa shape index (κ3) is 4.25. The number of aliphatic imine (C=N–C) groups is 1. The van der Waals surface area contributed by atoms with Crippen molar-refractivity contribution in [3.8, 4) is 11.8 Å². The van der Waals surface area contributed by atoms with Crippen LogP contribution in [0.4, 0.5) is 22.0 Å². The van der Waals surface area contributed by atoms with E-state index in [4.69, 9.17) is 0 Å². The summed E-state index contributed by atoms with van der Waals surface area (Å²) in [6.07, 6.45) is 1.55. The van der Waals surface area contributed by atoms with Gasteiger partial charge in [0.2, 0.25) is 0 Å². The Hall–Kier alpha value is -3.91. The van der Waals surface area contributed by atoms with Crippen LogP contribution in [0.1, 0.15) is 17.5 Å². The van der Waals surface area contributed by atoms with Gasteiger partial charge in [-0.3, -0.25) is 4.99 Å². The maximum atomic E-state index is 15.7. The van der Waals surface area contributed by atoms with Gasteiger partial charge >= 0.3 is 5.92 Å². The number of aliphatic hydroxyl groups is 1. The minimum atomic E-state index is -4.14. The van der Waals surface area contributed by atoms with Crippen LogP contribution >= 0.6 is 0 Å². The predicted octanol–water partition coefficient (Wildman–Crippen LogP) is 3.39. The molecule has 11 heteroatoms. The van der Waals surface area contributed by atoms with Crippen molar-refractivity contribution in [1.29, 1.82) is 0 Å². The van der Waals surface area contributed by atoms with Gasteiger partial charge in [-0.15, -0.1) is 5.10 Å². The van der Waals surface area contributed by atoms with Crippen LogP contribution < -0.4 is 0 Å². The molecule has 2 heterocycles. The van der Waals surface area contributed by atoms with Crippen LogP contribution in [0.2, 0.25) is 0 Å². The van der Waals surface area contributed by atoms with Crippen LogP contribution in [0.25, 0.3) is 0 Å². The van der Waals surface area contributed by atoms with E-state index in [0.29, 0.717) is 6.07 Å². The normalized spacial score (nSPS) is 15.3. The Morgan fingerprint density at radius 3 is 2.52 bits per heavy atom. The minimum Gasteiger partial charge on any atom is -0.377 e. The maximum absolute atomic E-state index is 15.7. The van der Waals surface area contributed by atoms with Gasteiger partial charge < -0.3 is 5.11 Å². The summed E-state index contributed by atoms with van der Waals surface area (Å²) in [4.78, 5) is 3.68. The second kappa shape index (κ2) is 8.55. The molecule has 0 saturated heterocycles. The highest BCUT2D eigenvalue weighted by atomic mass is 19.3. The van der Waals surface area contributed by atoms with E-state index in [9.17, 15) is 18.3 Å². The van der Waals surface area contributed by atoms with Crippen molar-refractivity contribution in [3.63, 3.8) is 0 Å². The van der Waals surface area contributed by atoms with E-state index in [-0.39, 0.29) is 11.1 Å². The van der Waals surface area contributed by atoms with Crippen molar-refractivity contribution >= 4 is 5.71 Å². The molecule has 0 aliphatic carbocycles. The van der Waals surface area contributed by atoms with Crippen LogP contribution in [-0.4, -0.2) is 36.9 Å². The highest BCUT2D eigenvalue weighted by molar-refractivity contribution is 5.97. The SMILES string of the molecule is OC(Cn1cnnn1)(c1ccc(F)cc1F)C(F)(F)C1=NC=C(C#Cc2ccccc2F)C1. The van der Waals surface area contributed by atoms with Gasteiger partial charge in [-0.1, -0.05) is 24.0 Å². The van der Waals surface area contributed by atoms with Gasteiger partial charge in [0.1, 0.15) is 23.8 Å². The molecule has 1 aliphatic heterocycles. The summed E-state index contributed by atoms with van der Waals surface area (Å²) in [5.41, 5.74) is -4.68. The average Bonchev–Trinajstić information content (AvgIpc) is 3.45. The molecule has 3 aromatic rings. The summed E-state index contributed by atoms with van der Waals surface area (Å²) in [5.74, 6) is -1.98. The molecule has 0 spiro atoms. The first-order valence-corrected chi connectivity index (χ1v) is 9.50. The Morgan fingerprint density at radius 2 is 1.82 bits per heavy atom. The molecule has 1 N–H and O–H groups in total. The van der Waals surface area contributed by atoms with Crippen molar-refractivity contribution in [2.24, 2.45) is 4.99 Å². The molecular formula is C22H14F5N5O. The monoisotopic (exact) mass is 459 g/mol. The number of nitrogens with zero attached hydrogens (tertiary/aromatic N) is 5. The Morgan fingerprint density at radius 1 is 1.03 bits per heavy atom. The van der Waals surface area contributed by atoms with Crippen LogP contribution in [0.15, 0.2) is 65.6 Å². The topological polar surface area (TPSA) is 76.2 Å². The van der Waals surface area contributed by atoms with E-state index in [2.05, 4.69) is 32.4 Å². The average molecular weight is 459 g/mol. The number of tetrazole rings is 1. The van der Waals surface area contributed by atoms with Crippen molar-refractivity contribution in [1.82, 2.24) is 20.2 Å². The Bertz CT molecular complexity index is 1310. The van der Waals surface area contributed by atoms with Crippen LogP contribution in [0.5, 0.6) is 0 Å². The zero-order valence-corrected chi connectivity index (χ0v) is 16.7. The highest BCUT2D eigenvalue weighted by Gasteiger charge is 2.59. The van der Waals surface area contributed by atoms with Gasteiger partial charge in [0.15, 0.2) is 5.60 Å². The number of rotatable bonds is 5. The van der Waals surface area contributed by atoms with Crippen molar-refractivity contribution < 1.29 is 27.1 Å². The Labute approximate surface area is 184 Å². The molecule has 168 valence electrons. The molecule has 0 radical (unpaired) electrons. The predicted molar refractivity (Wildman–Crippen MR) is 106 cm³/mol. The fraction of sp³-hybridized carbons (Fsp3) is 0.182. The lowest BCUT2D eigenvalue weighted by atomic mass is 9.83. The number of aromatic nitrogens is 4.